The van der Waals surface area contributed by atoms with Crippen LogP contribution in [0.1, 0.15) is 17.7 Å². The monoisotopic (exact) mass is 473 g/mol. The minimum atomic E-state index is -1.58. The molecule has 0 aliphatic heterocycles. The number of carbonyl (C=O) groups excluding carboxylic acids is 4. The van der Waals surface area contributed by atoms with E-state index in [9.17, 15) is 29.1 Å². The summed E-state index contributed by atoms with van der Waals surface area (Å²) in [6.45, 7) is -0.343. The molecule has 1 aromatic carbocycles. The predicted molar refractivity (Wildman–Crippen MR) is 119 cm³/mol. The molecule has 2 rings (SSSR count). The summed E-state index contributed by atoms with van der Waals surface area (Å²) in [5, 5.41) is 16.6. The molecule has 13 nitrogen and oxygen atoms in total. The average molecular weight is 473 g/mol. The second-order valence-corrected chi connectivity index (χ2v) is 7.43. The molecule has 34 heavy (non-hydrogen) atoms. The van der Waals surface area contributed by atoms with Gasteiger partial charge in [0.2, 0.25) is 23.6 Å². The molecular weight excluding hydrogens is 446 g/mol. The topological polar surface area (TPSA) is 222 Å². The minimum Gasteiger partial charge on any atom is -0.480 e. The summed E-state index contributed by atoms with van der Waals surface area (Å²) in [6.07, 6.45) is 2.23. The maximum Gasteiger partial charge on any atom is 0.326 e. The van der Waals surface area contributed by atoms with Gasteiger partial charge >= 0.3 is 5.97 Å². The molecule has 3 unspecified atom stereocenters. The van der Waals surface area contributed by atoms with Crippen LogP contribution in [-0.4, -0.2) is 69.3 Å². The van der Waals surface area contributed by atoms with Crippen LogP contribution >= 0.6 is 0 Å². The second kappa shape index (κ2) is 12.7. The number of rotatable bonds is 13. The van der Waals surface area contributed by atoms with E-state index in [1.165, 1.54) is 12.5 Å². The van der Waals surface area contributed by atoms with E-state index < -0.39 is 54.1 Å². The number of carboxylic acids is 1. The van der Waals surface area contributed by atoms with Crippen molar-refractivity contribution in [1.82, 2.24) is 25.9 Å². The largest absolute Gasteiger partial charge is 0.480 e. The summed E-state index contributed by atoms with van der Waals surface area (Å²) >= 11 is 0. The van der Waals surface area contributed by atoms with Gasteiger partial charge < -0.3 is 37.5 Å². The molecule has 2 aromatic rings. The summed E-state index contributed by atoms with van der Waals surface area (Å²) in [7, 11) is 0. The number of nitrogens with two attached hydrogens (primary N) is 2. The molecule has 0 spiro atoms. The van der Waals surface area contributed by atoms with Gasteiger partial charge in [0, 0.05) is 24.7 Å². The first-order valence-corrected chi connectivity index (χ1v) is 10.3. The van der Waals surface area contributed by atoms with Crippen molar-refractivity contribution in [2.75, 3.05) is 6.54 Å². The lowest BCUT2D eigenvalue weighted by Crippen LogP contribution is -2.57. The number of aromatic amines is 1. The normalized spacial score (nSPS) is 13.2. The molecule has 1 heterocycles. The Labute approximate surface area is 194 Å². The number of aliphatic carboxylic acids is 1. The molecule has 0 radical (unpaired) electrons. The molecule has 0 aliphatic rings. The fourth-order valence-electron chi connectivity index (χ4n) is 3.08. The molecule has 0 saturated heterocycles. The van der Waals surface area contributed by atoms with Crippen LogP contribution in [0.5, 0.6) is 0 Å². The molecule has 3 atom stereocenters. The summed E-state index contributed by atoms with van der Waals surface area (Å²) in [5.41, 5.74) is 11.7. The molecular formula is C21H27N7O6. The van der Waals surface area contributed by atoms with Crippen LogP contribution in [0.2, 0.25) is 0 Å². The lowest BCUT2D eigenvalue weighted by atomic mass is 10.0. The quantitative estimate of drug-likeness (QED) is 0.165. The van der Waals surface area contributed by atoms with Crippen molar-refractivity contribution in [3.63, 3.8) is 0 Å². The standard InChI is InChI=1S/C21H27N7O6/c22-9-18(30)26-14(6-12-4-2-1-3-5-12)19(31)27-15(7-13-10-24-11-25-13)20(32)28-16(21(33)34)8-17(23)29/h1-5,10-11,14-16H,6-9,22H2,(H2,23,29)(H,24,25)(H,26,30)(H,27,31)(H,28,32)(H,33,34). The number of nitrogens with zero attached hydrogens (tertiary/aromatic N) is 1. The number of carbonyl (C=O) groups is 5. The fourth-order valence-corrected chi connectivity index (χ4v) is 3.08. The number of nitrogens with one attached hydrogen (secondary N) is 4. The van der Waals surface area contributed by atoms with E-state index in [1.54, 1.807) is 30.3 Å². The van der Waals surface area contributed by atoms with Gasteiger partial charge in [-0.05, 0) is 5.56 Å². The van der Waals surface area contributed by atoms with Crippen molar-refractivity contribution < 1.29 is 29.1 Å². The number of carboxylic acid groups (broad SMARTS) is 1. The Kier molecular flexibility index (Phi) is 9.71. The highest BCUT2D eigenvalue weighted by atomic mass is 16.4. The minimum absolute atomic E-state index is 0.0661. The van der Waals surface area contributed by atoms with Crippen molar-refractivity contribution >= 4 is 29.6 Å². The van der Waals surface area contributed by atoms with Crippen molar-refractivity contribution in [3.8, 4) is 0 Å². The Morgan fingerprint density at radius 2 is 1.56 bits per heavy atom. The van der Waals surface area contributed by atoms with Gasteiger partial charge in [0.05, 0.1) is 19.3 Å². The van der Waals surface area contributed by atoms with Crippen LogP contribution in [0, 0.1) is 0 Å². The Balaban J connectivity index is 2.23. The molecule has 0 bridgehead atoms. The Bertz CT molecular complexity index is 996. The van der Waals surface area contributed by atoms with Gasteiger partial charge in [-0.2, -0.15) is 0 Å². The number of aromatic nitrogens is 2. The third-order valence-electron chi connectivity index (χ3n) is 4.75. The highest BCUT2D eigenvalue weighted by Crippen LogP contribution is 2.06. The van der Waals surface area contributed by atoms with Crippen molar-refractivity contribution in [1.29, 1.82) is 0 Å². The van der Waals surface area contributed by atoms with Gasteiger partial charge in [-0.3, -0.25) is 19.2 Å². The van der Waals surface area contributed by atoms with E-state index in [-0.39, 0.29) is 19.4 Å². The molecule has 9 N–H and O–H groups in total. The van der Waals surface area contributed by atoms with Gasteiger partial charge in [0.1, 0.15) is 18.1 Å². The third-order valence-corrected chi connectivity index (χ3v) is 4.75. The average Bonchev–Trinajstić information content (AvgIpc) is 3.31. The van der Waals surface area contributed by atoms with Crippen LogP contribution in [0.4, 0.5) is 0 Å². The molecule has 13 heteroatoms. The summed E-state index contributed by atoms with van der Waals surface area (Å²) in [6, 6.07) is 4.99. The zero-order chi connectivity index (χ0) is 25.1. The van der Waals surface area contributed by atoms with Crippen molar-refractivity contribution in [3.05, 3.63) is 54.1 Å². The number of benzene rings is 1. The second-order valence-electron chi connectivity index (χ2n) is 7.43. The Morgan fingerprint density at radius 1 is 0.941 bits per heavy atom. The van der Waals surface area contributed by atoms with Crippen LogP contribution in [-0.2, 0) is 36.8 Å². The van der Waals surface area contributed by atoms with E-state index >= 15 is 0 Å². The summed E-state index contributed by atoms with van der Waals surface area (Å²) < 4.78 is 0. The van der Waals surface area contributed by atoms with Crippen LogP contribution < -0.4 is 27.4 Å². The first-order valence-electron chi connectivity index (χ1n) is 10.3. The van der Waals surface area contributed by atoms with Crippen molar-refractivity contribution in [2.24, 2.45) is 11.5 Å². The number of amides is 4. The third kappa shape index (κ3) is 8.35. The van der Waals surface area contributed by atoms with Crippen LogP contribution in [0.25, 0.3) is 0 Å². The van der Waals surface area contributed by atoms with E-state index in [2.05, 4.69) is 25.9 Å². The first-order chi connectivity index (χ1) is 16.2. The SMILES string of the molecule is NCC(=O)NC(Cc1ccccc1)C(=O)NC(Cc1cnc[nH]1)C(=O)NC(CC(N)=O)C(=O)O. The van der Waals surface area contributed by atoms with Gasteiger partial charge in [-0.1, -0.05) is 30.3 Å². The van der Waals surface area contributed by atoms with E-state index in [0.717, 1.165) is 5.56 Å². The summed E-state index contributed by atoms with van der Waals surface area (Å²) in [4.78, 5) is 67.1. The molecule has 1 aromatic heterocycles. The van der Waals surface area contributed by atoms with Crippen molar-refractivity contribution in [2.45, 2.75) is 37.4 Å². The van der Waals surface area contributed by atoms with E-state index in [0.29, 0.717) is 5.69 Å². The zero-order valence-electron chi connectivity index (χ0n) is 18.2. The van der Waals surface area contributed by atoms with Gasteiger partial charge in [0.25, 0.3) is 0 Å². The molecule has 0 aliphatic carbocycles. The van der Waals surface area contributed by atoms with Gasteiger partial charge in [-0.25, -0.2) is 9.78 Å². The Morgan fingerprint density at radius 3 is 2.09 bits per heavy atom. The fraction of sp³-hybridized carbons (Fsp3) is 0.333. The smallest absolute Gasteiger partial charge is 0.326 e. The van der Waals surface area contributed by atoms with Gasteiger partial charge in [0.15, 0.2) is 0 Å². The molecule has 0 saturated carbocycles. The van der Waals surface area contributed by atoms with Crippen LogP contribution in [0.3, 0.4) is 0 Å². The number of hydrogen-bond donors (Lipinski definition) is 7. The maximum absolute atomic E-state index is 13.1. The number of H-pyrrole nitrogens is 1. The highest BCUT2D eigenvalue weighted by Gasteiger charge is 2.30. The summed E-state index contributed by atoms with van der Waals surface area (Å²) in [5.74, 6) is -4.50. The lowest BCUT2D eigenvalue weighted by Gasteiger charge is -2.24. The number of imidazole rings is 1. The lowest BCUT2D eigenvalue weighted by molar-refractivity contribution is -0.143. The Hall–Kier alpha value is -4.26. The molecule has 4 amide bonds. The van der Waals surface area contributed by atoms with E-state index in [4.69, 9.17) is 11.5 Å². The molecule has 182 valence electrons. The number of primary amides is 1. The molecule has 0 fully saturated rings. The highest BCUT2D eigenvalue weighted by molar-refractivity contribution is 5.94. The maximum atomic E-state index is 13.1. The zero-order valence-corrected chi connectivity index (χ0v) is 18.2. The van der Waals surface area contributed by atoms with Gasteiger partial charge in [-0.15, -0.1) is 0 Å². The first kappa shape index (κ1) is 26.0. The number of hydrogen-bond acceptors (Lipinski definition) is 7. The van der Waals surface area contributed by atoms with E-state index in [1.807, 2.05) is 0 Å². The van der Waals surface area contributed by atoms with Crippen LogP contribution in [0.15, 0.2) is 42.9 Å². The predicted octanol–water partition coefficient (Wildman–Crippen LogP) is -2.43.